The average molecular weight is 174 g/mol. The zero-order chi connectivity index (χ0) is 8.27. The Labute approximate surface area is 72.5 Å². The Morgan fingerprint density at radius 2 is 2.18 bits per heavy atom. The van der Waals surface area contributed by atoms with Crippen molar-refractivity contribution in [1.29, 1.82) is 0 Å². The summed E-state index contributed by atoms with van der Waals surface area (Å²) in [4.78, 5) is 0. The van der Waals surface area contributed by atoms with E-state index in [4.69, 9.17) is 0 Å². The minimum Gasteiger partial charge on any atom is -0.391 e. The normalized spacial score (nSPS) is 33.1. The van der Waals surface area contributed by atoms with Gasteiger partial charge in [-0.25, -0.2) is 0 Å². The average Bonchev–Trinajstić information content (AvgIpc) is 2.13. The van der Waals surface area contributed by atoms with Gasteiger partial charge in [-0.2, -0.15) is 0 Å². The first kappa shape index (κ1) is 8.87. The van der Waals surface area contributed by atoms with Crippen LogP contribution in [0.1, 0.15) is 19.8 Å². The molecule has 64 valence electrons. The highest BCUT2D eigenvalue weighted by molar-refractivity contribution is 7.47. The fraction of sp³-hybridized carbons (Fsp3) is 1.00. The Balaban J connectivity index is 2.47. The second kappa shape index (κ2) is 3.97. The summed E-state index contributed by atoms with van der Waals surface area (Å²) in [6.07, 6.45) is 1.71. The highest BCUT2D eigenvalue weighted by Gasteiger charge is 2.18. The molecule has 0 aliphatic carbocycles. The second-order valence-electron chi connectivity index (χ2n) is 3.29. The van der Waals surface area contributed by atoms with Crippen molar-refractivity contribution in [3.05, 3.63) is 0 Å². The third kappa shape index (κ3) is 2.71. The maximum absolute atomic E-state index is 9.36. The van der Waals surface area contributed by atoms with Crippen molar-refractivity contribution in [2.45, 2.75) is 25.9 Å². The molecule has 1 saturated heterocycles. The lowest BCUT2D eigenvalue weighted by atomic mass is 10.1. The van der Waals surface area contributed by atoms with Gasteiger partial charge in [0.2, 0.25) is 0 Å². The molecule has 3 nitrogen and oxygen atoms in total. The number of β-amino-alcohol motifs (C(OH)–C–C–N with tert-alkyl or cyclic N) is 1. The highest BCUT2D eigenvalue weighted by atomic mass is 32.1. The van der Waals surface area contributed by atoms with Gasteiger partial charge in [0, 0.05) is 6.54 Å². The molecule has 0 spiro atoms. The summed E-state index contributed by atoms with van der Waals surface area (Å²) in [5.74, 6) is 0.596. The van der Waals surface area contributed by atoms with Crippen LogP contribution in [0.25, 0.3) is 0 Å². The lowest BCUT2D eigenvalue weighted by molar-refractivity contribution is 0.124. The van der Waals surface area contributed by atoms with E-state index in [1.807, 2.05) is 0 Å². The van der Waals surface area contributed by atoms with Gasteiger partial charge in [-0.15, -0.1) is 4.47 Å². The molecule has 1 rings (SSSR count). The van der Waals surface area contributed by atoms with Crippen LogP contribution >= 0.6 is 0 Å². The number of hydrogen-bond acceptors (Lipinski definition) is 3. The van der Waals surface area contributed by atoms with Gasteiger partial charge >= 0.3 is 0 Å². The predicted molar refractivity (Wildman–Crippen MR) is 45.8 cm³/mol. The highest BCUT2D eigenvalue weighted by Crippen LogP contribution is 2.15. The molecular formula is C7H14N2OS. The van der Waals surface area contributed by atoms with E-state index in [0.717, 1.165) is 19.4 Å². The SMILES string of the molecule is CC1CCC(O)CN(N=S)C1. The summed E-state index contributed by atoms with van der Waals surface area (Å²) in [7, 11) is 0. The Kier molecular flexibility index (Phi) is 3.20. The van der Waals surface area contributed by atoms with Gasteiger partial charge in [0.25, 0.3) is 0 Å². The third-order valence-corrected chi connectivity index (χ3v) is 2.28. The van der Waals surface area contributed by atoms with Gasteiger partial charge in [-0.3, -0.25) is 5.01 Å². The van der Waals surface area contributed by atoms with Gasteiger partial charge in [-0.05, 0) is 18.8 Å². The van der Waals surface area contributed by atoms with E-state index in [0.29, 0.717) is 12.5 Å². The van der Waals surface area contributed by atoms with Crippen LogP contribution in [0.15, 0.2) is 4.47 Å². The minimum absolute atomic E-state index is 0.244. The van der Waals surface area contributed by atoms with Crippen LogP contribution in [0, 0.1) is 5.92 Å². The topological polar surface area (TPSA) is 35.8 Å². The molecule has 2 unspecified atom stereocenters. The van der Waals surface area contributed by atoms with Crippen molar-refractivity contribution >= 4 is 12.4 Å². The second-order valence-corrected chi connectivity index (χ2v) is 3.45. The quantitative estimate of drug-likeness (QED) is 0.636. The van der Waals surface area contributed by atoms with Crippen LogP contribution in [0.4, 0.5) is 0 Å². The molecule has 0 saturated carbocycles. The first-order chi connectivity index (χ1) is 5.22. The molecule has 0 bridgehead atoms. The van der Waals surface area contributed by atoms with Crippen LogP contribution in [0.5, 0.6) is 0 Å². The van der Waals surface area contributed by atoms with E-state index in [1.165, 1.54) is 0 Å². The van der Waals surface area contributed by atoms with Crippen molar-refractivity contribution in [2.24, 2.45) is 10.4 Å². The summed E-state index contributed by atoms with van der Waals surface area (Å²) in [6.45, 7) is 3.65. The van der Waals surface area contributed by atoms with Crippen molar-refractivity contribution in [1.82, 2.24) is 5.01 Å². The molecule has 1 heterocycles. The Bertz CT molecular complexity index is 130. The molecule has 0 amide bonds. The van der Waals surface area contributed by atoms with Crippen molar-refractivity contribution in [2.75, 3.05) is 13.1 Å². The smallest absolute Gasteiger partial charge is 0.0732 e. The minimum atomic E-state index is -0.244. The Morgan fingerprint density at radius 1 is 1.45 bits per heavy atom. The third-order valence-electron chi connectivity index (χ3n) is 2.05. The molecule has 1 aliphatic heterocycles. The van der Waals surface area contributed by atoms with E-state index in [1.54, 1.807) is 5.01 Å². The molecule has 4 heteroatoms. The predicted octanol–water partition coefficient (Wildman–Crippen LogP) is 0.725. The lowest BCUT2D eigenvalue weighted by Gasteiger charge is -2.17. The molecule has 1 aliphatic rings. The van der Waals surface area contributed by atoms with Gasteiger partial charge in [0.1, 0.15) is 0 Å². The summed E-state index contributed by atoms with van der Waals surface area (Å²) in [5.41, 5.74) is 0. The number of hydrogen-bond donors (Lipinski definition) is 1. The Hall–Kier alpha value is -0.220. The maximum Gasteiger partial charge on any atom is 0.0732 e. The molecule has 11 heavy (non-hydrogen) atoms. The fourth-order valence-electron chi connectivity index (χ4n) is 1.40. The van der Waals surface area contributed by atoms with E-state index in [9.17, 15) is 5.11 Å². The number of aliphatic hydroxyl groups excluding tert-OH is 1. The lowest BCUT2D eigenvalue weighted by Crippen LogP contribution is -2.27. The number of rotatable bonds is 1. The standard InChI is InChI=1S/C7H14N2OS/c1-6-2-3-7(10)5-9(4-6)8-11/h6-7,10H,2-5H2,1H3. The van der Waals surface area contributed by atoms with E-state index >= 15 is 0 Å². The van der Waals surface area contributed by atoms with Gasteiger partial charge in [0.15, 0.2) is 0 Å². The maximum atomic E-state index is 9.36. The number of aliphatic hydroxyl groups is 1. The van der Waals surface area contributed by atoms with Gasteiger partial charge in [0.05, 0.1) is 25.1 Å². The molecule has 0 aromatic heterocycles. The molecule has 0 radical (unpaired) electrons. The molecule has 1 fully saturated rings. The van der Waals surface area contributed by atoms with Crippen molar-refractivity contribution in [3.63, 3.8) is 0 Å². The first-order valence-corrected chi connectivity index (χ1v) is 4.35. The van der Waals surface area contributed by atoms with Crippen LogP contribution < -0.4 is 0 Å². The molecule has 2 atom stereocenters. The van der Waals surface area contributed by atoms with Crippen LogP contribution in [0.2, 0.25) is 0 Å². The fourth-order valence-corrected chi connectivity index (χ4v) is 1.54. The largest absolute Gasteiger partial charge is 0.391 e. The van der Waals surface area contributed by atoms with E-state index in [2.05, 4.69) is 23.8 Å². The molecule has 0 aromatic rings. The Morgan fingerprint density at radius 3 is 2.82 bits per heavy atom. The molecule has 1 N–H and O–H groups in total. The van der Waals surface area contributed by atoms with Crippen LogP contribution in [-0.4, -0.2) is 29.3 Å². The molecule has 0 aromatic carbocycles. The zero-order valence-corrected chi connectivity index (χ0v) is 7.55. The monoisotopic (exact) mass is 174 g/mol. The van der Waals surface area contributed by atoms with E-state index < -0.39 is 0 Å². The summed E-state index contributed by atoms with van der Waals surface area (Å²) in [6, 6.07) is 0. The number of nitrogens with zero attached hydrogens (tertiary/aromatic N) is 2. The van der Waals surface area contributed by atoms with Crippen molar-refractivity contribution < 1.29 is 5.11 Å². The van der Waals surface area contributed by atoms with Gasteiger partial charge < -0.3 is 5.11 Å². The van der Waals surface area contributed by atoms with E-state index in [-0.39, 0.29) is 6.10 Å². The van der Waals surface area contributed by atoms with Crippen LogP contribution in [-0.2, 0) is 12.4 Å². The van der Waals surface area contributed by atoms with Gasteiger partial charge in [-0.1, -0.05) is 6.92 Å². The van der Waals surface area contributed by atoms with Crippen LogP contribution in [0.3, 0.4) is 0 Å². The first-order valence-electron chi connectivity index (χ1n) is 3.98. The zero-order valence-electron chi connectivity index (χ0n) is 6.73. The summed E-state index contributed by atoms with van der Waals surface area (Å²) >= 11 is 4.58. The summed E-state index contributed by atoms with van der Waals surface area (Å²) < 4.78 is 3.66. The molecular weight excluding hydrogens is 160 g/mol. The summed E-state index contributed by atoms with van der Waals surface area (Å²) in [5, 5.41) is 11.1. The van der Waals surface area contributed by atoms with Crippen molar-refractivity contribution in [3.8, 4) is 0 Å².